The molecule has 0 amide bonds. The molecule has 0 spiro atoms. The smallest absolute Gasteiger partial charge is 0.0777 e. The molecule has 3 aromatic carbocycles. The molecule has 0 bridgehead atoms. The number of allylic oxidation sites excluding steroid dienone is 2. The Morgan fingerprint density at radius 3 is 2.22 bits per heavy atom. The summed E-state index contributed by atoms with van der Waals surface area (Å²) in [4.78, 5) is 9.13. The van der Waals surface area contributed by atoms with Crippen molar-refractivity contribution in [3.63, 3.8) is 0 Å². The summed E-state index contributed by atoms with van der Waals surface area (Å²) in [6, 6.07) is 34.8. The number of para-hydroxylation sites is 1. The van der Waals surface area contributed by atoms with Crippen LogP contribution in [0.4, 0.5) is 0 Å². The van der Waals surface area contributed by atoms with Gasteiger partial charge in [-0.2, -0.15) is 0 Å². The van der Waals surface area contributed by atoms with E-state index in [9.17, 15) is 0 Å². The van der Waals surface area contributed by atoms with E-state index in [0.29, 0.717) is 0 Å². The zero-order chi connectivity index (χ0) is 23.5. The van der Waals surface area contributed by atoms with Crippen LogP contribution < -0.4 is 0 Å². The second-order valence-electron chi connectivity index (χ2n) is 9.13. The van der Waals surface area contributed by atoms with Gasteiger partial charge in [-0.3, -0.25) is 4.98 Å². The minimum absolute atomic E-state index is 0. The van der Waals surface area contributed by atoms with E-state index in [1.54, 1.807) is 11.8 Å². The summed E-state index contributed by atoms with van der Waals surface area (Å²) in [5, 5.41) is 0. The summed E-state index contributed by atoms with van der Waals surface area (Å²) in [7, 11) is 0. The second-order valence-corrected chi connectivity index (χ2v) is 9.13. The van der Waals surface area contributed by atoms with E-state index in [0.717, 1.165) is 40.6 Å². The molecule has 3 nitrogen and oxygen atoms in total. The van der Waals surface area contributed by atoms with Crippen LogP contribution in [0.5, 0.6) is 0 Å². The summed E-state index contributed by atoms with van der Waals surface area (Å²) in [5.74, 6) is 1.78. The molecule has 1 aliphatic heterocycles. The van der Waals surface area contributed by atoms with E-state index in [1.807, 2.05) is 54.6 Å². The molecule has 1 fully saturated rings. The van der Waals surface area contributed by atoms with Crippen LogP contribution >= 0.6 is 0 Å². The van der Waals surface area contributed by atoms with Crippen LogP contribution in [0.25, 0.3) is 39.3 Å². The van der Waals surface area contributed by atoms with Crippen LogP contribution in [-0.2, 0) is 26.7 Å². The first-order valence-electron chi connectivity index (χ1n) is 12.4. The van der Waals surface area contributed by atoms with E-state index in [1.165, 1.54) is 36.8 Å². The number of imidazole rings is 1. The molecule has 36 heavy (non-hydrogen) atoms. The number of rotatable bonds is 3. The van der Waals surface area contributed by atoms with Gasteiger partial charge in [-0.15, -0.1) is 71.8 Å². The molecule has 2 aliphatic rings. The van der Waals surface area contributed by atoms with Crippen LogP contribution in [-0.4, -0.2) is 14.5 Å². The van der Waals surface area contributed by atoms with Crippen LogP contribution in [0.2, 0.25) is 0 Å². The summed E-state index contributed by atoms with van der Waals surface area (Å²) in [6.45, 7) is 0.928. The molecular formula is C32H27IrN3-2. The van der Waals surface area contributed by atoms with Crippen molar-refractivity contribution in [1.82, 2.24) is 14.5 Å². The van der Waals surface area contributed by atoms with Gasteiger partial charge in [0.1, 0.15) is 0 Å². The van der Waals surface area contributed by atoms with Gasteiger partial charge in [0, 0.05) is 38.4 Å². The Bertz CT molecular complexity index is 1410. The standard InChI is InChI=1S/C21H19N2.C11H8N.Ir/c1-2-9-16(10-3-1)21-22-19-12-6-11-18-17(15-7-4-5-8-15)13-14-23(21)20(18)19;1-2-6-10(7-3-1)11-8-4-5-9-12-11;/h1-3,6,9,11-13,15H,4-5,7-8,14H2;1-6,8-9H;/q2*-1;. The normalized spacial score (nSPS) is 14.5. The molecule has 3 heterocycles. The first kappa shape index (κ1) is 24.4. The van der Waals surface area contributed by atoms with Gasteiger partial charge in [0.15, 0.2) is 0 Å². The Morgan fingerprint density at radius 2 is 1.53 bits per heavy atom. The molecule has 4 heteroatoms. The van der Waals surface area contributed by atoms with Crippen molar-refractivity contribution in [3.05, 3.63) is 115 Å². The van der Waals surface area contributed by atoms with Crippen molar-refractivity contribution in [1.29, 1.82) is 0 Å². The molecule has 1 aliphatic carbocycles. The van der Waals surface area contributed by atoms with Crippen molar-refractivity contribution >= 4 is 16.6 Å². The summed E-state index contributed by atoms with van der Waals surface area (Å²) in [5.41, 5.74) is 8.46. The summed E-state index contributed by atoms with van der Waals surface area (Å²) < 4.78 is 2.36. The molecule has 0 atom stereocenters. The van der Waals surface area contributed by atoms with Crippen molar-refractivity contribution in [2.75, 3.05) is 0 Å². The predicted molar refractivity (Wildman–Crippen MR) is 142 cm³/mol. The first-order valence-corrected chi connectivity index (χ1v) is 12.4. The van der Waals surface area contributed by atoms with E-state index >= 15 is 0 Å². The number of benzene rings is 3. The number of aromatic nitrogens is 3. The third kappa shape index (κ3) is 4.84. The third-order valence-corrected chi connectivity index (χ3v) is 6.97. The van der Waals surface area contributed by atoms with E-state index in [2.05, 4.69) is 58.1 Å². The Labute approximate surface area is 226 Å². The second kappa shape index (κ2) is 11.2. The van der Waals surface area contributed by atoms with Crippen LogP contribution in [0, 0.1) is 18.1 Å². The third-order valence-electron chi connectivity index (χ3n) is 6.97. The molecule has 2 aromatic heterocycles. The molecular weight excluding hydrogens is 619 g/mol. The molecule has 0 unspecified atom stereocenters. The SMILES string of the molecule is [Ir].[c-]1ccccc1-c1ccccn1.[c-]1ccccc1-c1nc2cccc3c2n1CC=C3C1CCCC1. The van der Waals surface area contributed by atoms with Crippen LogP contribution in [0.15, 0.2) is 97.2 Å². The van der Waals surface area contributed by atoms with Gasteiger partial charge < -0.3 is 9.55 Å². The van der Waals surface area contributed by atoms with Crippen molar-refractivity contribution in [2.24, 2.45) is 5.92 Å². The zero-order valence-electron chi connectivity index (χ0n) is 20.0. The molecule has 7 rings (SSSR count). The number of pyridine rings is 1. The Morgan fingerprint density at radius 1 is 0.778 bits per heavy atom. The average Bonchev–Trinajstić information content (AvgIpc) is 3.61. The quantitative estimate of drug-likeness (QED) is 0.189. The molecule has 5 aromatic rings. The van der Waals surface area contributed by atoms with Crippen molar-refractivity contribution in [2.45, 2.75) is 32.2 Å². The van der Waals surface area contributed by atoms with E-state index < -0.39 is 0 Å². The minimum Gasteiger partial charge on any atom is -0.360 e. The number of nitrogens with zero attached hydrogens (tertiary/aromatic N) is 3. The van der Waals surface area contributed by atoms with Gasteiger partial charge in [0.05, 0.1) is 16.9 Å². The van der Waals surface area contributed by atoms with Gasteiger partial charge in [-0.05, 0) is 42.2 Å². The maximum absolute atomic E-state index is 4.91. The van der Waals surface area contributed by atoms with E-state index in [-0.39, 0.29) is 20.1 Å². The molecule has 0 saturated heterocycles. The largest absolute Gasteiger partial charge is 0.360 e. The Hall–Kier alpha value is -3.33. The fourth-order valence-corrected chi connectivity index (χ4v) is 5.33. The number of hydrogen-bond acceptors (Lipinski definition) is 2. The topological polar surface area (TPSA) is 30.7 Å². The van der Waals surface area contributed by atoms with Crippen molar-refractivity contribution in [3.8, 4) is 22.6 Å². The molecule has 1 saturated carbocycles. The Balaban J connectivity index is 0.000000175. The van der Waals surface area contributed by atoms with Crippen LogP contribution in [0.3, 0.4) is 0 Å². The fraction of sp³-hybridized carbons (Fsp3) is 0.188. The molecule has 1 radical (unpaired) electrons. The zero-order valence-corrected chi connectivity index (χ0v) is 22.4. The van der Waals surface area contributed by atoms with Gasteiger partial charge in [-0.25, -0.2) is 0 Å². The first-order chi connectivity index (χ1) is 17.4. The van der Waals surface area contributed by atoms with Crippen LogP contribution in [0.1, 0.15) is 31.2 Å². The van der Waals surface area contributed by atoms with Crippen molar-refractivity contribution < 1.29 is 20.1 Å². The predicted octanol–water partition coefficient (Wildman–Crippen LogP) is 7.64. The monoisotopic (exact) mass is 646 g/mol. The fourth-order valence-electron chi connectivity index (χ4n) is 5.33. The maximum atomic E-state index is 4.91. The molecule has 0 N–H and O–H groups in total. The van der Waals surface area contributed by atoms with Gasteiger partial charge in [0.2, 0.25) is 0 Å². The molecule has 181 valence electrons. The summed E-state index contributed by atoms with van der Waals surface area (Å²) in [6.07, 6.45) is 9.66. The number of hydrogen-bond donors (Lipinski definition) is 0. The summed E-state index contributed by atoms with van der Waals surface area (Å²) >= 11 is 0. The average molecular weight is 646 g/mol. The maximum Gasteiger partial charge on any atom is 0.0777 e. The van der Waals surface area contributed by atoms with Gasteiger partial charge in [-0.1, -0.05) is 43.2 Å². The van der Waals surface area contributed by atoms with Gasteiger partial charge >= 0.3 is 0 Å². The van der Waals surface area contributed by atoms with E-state index in [4.69, 9.17) is 4.98 Å². The van der Waals surface area contributed by atoms with Gasteiger partial charge in [0.25, 0.3) is 0 Å². The Kier molecular flexibility index (Phi) is 7.55. The minimum atomic E-state index is 0.